The highest BCUT2D eigenvalue weighted by Gasteiger charge is 2.17. The fraction of sp³-hybridized carbons (Fsp3) is 0.136. The Labute approximate surface area is 189 Å². The molecule has 0 aliphatic carbocycles. The highest BCUT2D eigenvalue weighted by atomic mass is 35.5. The number of nitrogens with zero attached hydrogens (tertiary/aromatic N) is 3. The molecular weight excluding hydrogens is 434 g/mol. The maximum absolute atomic E-state index is 5.92. The lowest BCUT2D eigenvalue weighted by atomic mass is 10.2. The molecule has 0 spiro atoms. The van der Waals surface area contributed by atoms with Crippen molar-refractivity contribution in [1.29, 1.82) is 0 Å². The van der Waals surface area contributed by atoms with Crippen molar-refractivity contribution < 1.29 is 18.6 Å². The Morgan fingerprint density at radius 3 is 2.22 bits per heavy atom. The number of benzene rings is 2. The molecule has 0 saturated carbocycles. The number of anilines is 4. The molecular formula is C22H20ClN5O4. The van der Waals surface area contributed by atoms with Gasteiger partial charge in [-0.3, -0.25) is 0 Å². The van der Waals surface area contributed by atoms with Crippen molar-refractivity contribution >= 4 is 34.8 Å². The fourth-order valence-electron chi connectivity index (χ4n) is 3.01. The summed E-state index contributed by atoms with van der Waals surface area (Å²) in [5.74, 6) is 2.34. The van der Waals surface area contributed by atoms with E-state index in [4.69, 9.17) is 30.2 Å². The van der Waals surface area contributed by atoms with Gasteiger partial charge in [-0.25, -0.2) is 4.98 Å². The number of halogens is 1. The number of pyridine rings is 1. The normalized spacial score (nSPS) is 10.5. The zero-order chi connectivity index (χ0) is 22.5. The zero-order valence-corrected chi connectivity index (χ0v) is 18.3. The van der Waals surface area contributed by atoms with E-state index < -0.39 is 0 Å². The molecule has 4 rings (SSSR count). The molecule has 0 amide bonds. The maximum atomic E-state index is 5.92. The minimum atomic E-state index is 0.241. The summed E-state index contributed by atoms with van der Waals surface area (Å²) in [6.45, 7) is 0. The molecule has 0 aliphatic heterocycles. The number of nitrogens with one attached hydrogen (secondary N) is 2. The van der Waals surface area contributed by atoms with E-state index >= 15 is 0 Å². The molecule has 0 saturated heterocycles. The quantitative estimate of drug-likeness (QED) is 0.367. The van der Waals surface area contributed by atoms with Gasteiger partial charge >= 0.3 is 6.01 Å². The average Bonchev–Trinajstić information content (AvgIpc) is 3.28. The Balaban J connectivity index is 1.62. The van der Waals surface area contributed by atoms with Crippen molar-refractivity contribution in [1.82, 2.24) is 15.2 Å². The van der Waals surface area contributed by atoms with Gasteiger partial charge < -0.3 is 29.3 Å². The lowest BCUT2D eigenvalue weighted by Gasteiger charge is -2.15. The van der Waals surface area contributed by atoms with Crippen LogP contribution in [0.5, 0.6) is 17.2 Å². The van der Waals surface area contributed by atoms with Gasteiger partial charge in [0, 0.05) is 34.7 Å². The number of aromatic nitrogens is 3. The van der Waals surface area contributed by atoms with Crippen molar-refractivity contribution in [2.75, 3.05) is 32.0 Å². The molecule has 2 heterocycles. The summed E-state index contributed by atoms with van der Waals surface area (Å²) in [7, 11) is 4.66. The van der Waals surface area contributed by atoms with Crippen LogP contribution in [-0.2, 0) is 0 Å². The third-order valence-electron chi connectivity index (χ3n) is 4.49. The van der Waals surface area contributed by atoms with E-state index in [-0.39, 0.29) is 6.01 Å². The summed E-state index contributed by atoms with van der Waals surface area (Å²) in [6.07, 6.45) is 1.66. The molecule has 0 aliphatic rings. The van der Waals surface area contributed by atoms with E-state index in [1.165, 1.54) is 0 Å². The average molecular weight is 454 g/mol. The molecule has 0 unspecified atom stereocenters. The number of rotatable bonds is 8. The van der Waals surface area contributed by atoms with Crippen LogP contribution in [0.3, 0.4) is 0 Å². The van der Waals surface area contributed by atoms with Crippen LogP contribution in [0.2, 0.25) is 5.02 Å². The van der Waals surface area contributed by atoms with Crippen molar-refractivity contribution in [3.63, 3.8) is 0 Å². The van der Waals surface area contributed by atoms with Crippen LogP contribution < -0.4 is 24.8 Å². The third kappa shape index (κ3) is 4.52. The van der Waals surface area contributed by atoms with E-state index in [0.717, 1.165) is 5.69 Å². The Kier molecular flexibility index (Phi) is 6.27. The molecule has 0 atom stereocenters. The Hall–Kier alpha value is -3.98. The molecule has 32 heavy (non-hydrogen) atoms. The van der Waals surface area contributed by atoms with E-state index in [9.17, 15) is 0 Å². The third-order valence-corrected chi connectivity index (χ3v) is 4.74. The van der Waals surface area contributed by atoms with Crippen molar-refractivity contribution in [3.8, 4) is 28.7 Å². The van der Waals surface area contributed by atoms with Crippen molar-refractivity contribution in [2.45, 2.75) is 0 Å². The molecule has 0 fully saturated rings. The number of hydrogen-bond acceptors (Lipinski definition) is 9. The first-order valence-corrected chi connectivity index (χ1v) is 9.87. The Morgan fingerprint density at radius 2 is 1.56 bits per heavy atom. The van der Waals surface area contributed by atoms with Crippen LogP contribution in [0.1, 0.15) is 0 Å². The molecule has 2 aromatic carbocycles. The predicted octanol–water partition coefficient (Wildman–Crippen LogP) is 5.30. The first kappa shape index (κ1) is 21.3. The summed E-state index contributed by atoms with van der Waals surface area (Å²) in [4.78, 5) is 4.42. The second-order valence-corrected chi connectivity index (χ2v) is 6.92. The summed E-state index contributed by atoms with van der Waals surface area (Å²) < 4.78 is 22.0. The summed E-state index contributed by atoms with van der Waals surface area (Å²) in [5, 5.41) is 15.1. The first-order chi connectivity index (χ1) is 15.6. The van der Waals surface area contributed by atoms with Gasteiger partial charge in [0.15, 0.2) is 11.5 Å². The lowest BCUT2D eigenvalue weighted by Crippen LogP contribution is -2.00. The van der Waals surface area contributed by atoms with Gasteiger partial charge in [-0.2, -0.15) is 0 Å². The molecule has 4 aromatic rings. The Morgan fingerprint density at radius 1 is 0.844 bits per heavy atom. The van der Waals surface area contributed by atoms with Crippen molar-refractivity contribution in [2.24, 2.45) is 0 Å². The van der Waals surface area contributed by atoms with Crippen LogP contribution >= 0.6 is 11.6 Å². The van der Waals surface area contributed by atoms with Crippen LogP contribution in [-0.4, -0.2) is 36.5 Å². The van der Waals surface area contributed by atoms with Gasteiger partial charge in [0.05, 0.1) is 26.9 Å². The maximum Gasteiger partial charge on any atom is 0.320 e. The topological polar surface area (TPSA) is 104 Å². The molecule has 2 aromatic heterocycles. The molecule has 164 valence electrons. The Bertz CT molecular complexity index is 1190. The van der Waals surface area contributed by atoms with Gasteiger partial charge in [-0.05, 0) is 36.4 Å². The summed E-state index contributed by atoms with van der Waals surface area (Å²) >= 11 is 5.92. The number of hydrogen-bond donors (Lipinski definition) is 2. The SMILES string of the molecule is COc1cc(Nc2ncccc2-c2nnc(Nc3ccc(Cl)cc3)o2)cc(OC)c1OC. The van der Waals surface area contributed by atoms with Gasteiger partial charge in [-0.15, -0.1) is 5.10 Å². The fourth-order valence-corrected chi connectivity index (χ4v) is 3.13. The minimum Gasteiger partial charge on any atom is -0.493 e. The van der Waals surface area contributed by atoms with Crippen LogP contribution in [0.15, 0.2) is 59.1 Å². The zero-order valence-electron chi connectivity index (χ0n) is 17.5. The smallest absolute Gasteiger partial charge is 0.320 e. The van der Waals surface area contributed by atoms with Gasteiger partial charge in [0.1, 0.15) is 5.82 Å². The highest BCUT2D eigenvalue weighted by Crippen LogP contribution is 2.41. The van der Waals surface area contributed by atoms with E-state index in [1.807, 2.05) is 18.2 Å². The van der Waals surface area contributed by atoms with E-state index in [1.54, 1.807) is 57.9 Å². The predicted molar refractivity (Wildman–Crippen MR) is 122 cm³/mol. The largest absolute Gasteiger partial charge is 0.493 e. The number of ether oxygens (including phenoxy) is 3. The number of methoxy groups -OCH3 is 3. The summed E-state index contributed by atoms with van der Waals surface area (Å²) in [5.41, 5.74) is 2.07. The minimum absolute atomic E-state index is 0.241. The molecule has 0 radical (unpaired) electrons. The lowest BCUT2D eigenvalue weighted by molar-refractivity contribution is 0.324. The van der Waals surface area contributed by atoms with E-state index in [0.29, 0.717) is 45.2 Å². The van der Waals surface area contributed by atoms with Crippen LogP contribution in [0.4, 0.5) is 23.2 Å². The second kappa shape index (κ2) is 9.44. The molecule has 10 heteroatoms. The van der Waals surface area contributed by atoms with Gasteiger partial charge in [0.25, 0.3) is 5.89 Å². The second-order valence-electron chi connectivity index (χ2n) is 6.48. The van der Waals surface area contributed by atoms with Gasteiger partial charge in [0.2, 0.25) is 5.75 Å². The molecule has 2 N–H and O–H groups in total. The van der Waals surface area contributed by atoms with Crippen molar-refractivity contribution in [3.05, 3.63) is 59.8 Å². The van der Waals surface area contributed by atoms with E-state index in [2.05, 4.69) is 25.8 Å². The monoisotopic (exact) mass is 453 g/mol. The van der Waals surface area contributed by atoms with Crippen LogP contribution in [0, 0.1) is 0 Å². The first-order valence-electron chi connectivity index (χ1n) is 9.49. The van der Waals surface area contributed by atoms with Gasteiger partial charge in [-0.1, -0.05) is 16.7 Å². The standard InChI is InChI=1S/C22H20ClN5O4/c1-29-17-11-15(12-18(30-2)19(17)31-3)25-20-16(5-4-10-24-20)21-27-28-22(32-21)26-14-8-6-13(23)7-9-14/h4-12H,1-3H3,(H,24,25)(H,26,28). The molecule has 9 nitrogen and oxygen atoms in total. The summed E-state index contributed by atoms with van der Waals surface area (Å²) in [6, 6.07) is 14.6. The van der Waals surface area contributed by atoms with Crippen LogP contribution in [0.25, 0.3) is 11.5 Å². The molecule has 0 bridgehead atoms. The highest BCUT2D eigenvalue weighted by molar-refractivity contribution is 6.30.